The largest absolute Gasteiger partial charge is 0.256 e. The summed E-state index contributed by atoms with van der Waals surface area (Å²) in [6.07, 6.45) is 1.93. The highest BCUT2D eigenvalue weighted by Gasteiger charge is 2.19. The van der Waals surface area contributed by atoms with Gasteiger partial charge in [0.15, 0.2) is 0 Å². The van der Waals surface area contributed by atoms with E-state index in [0.29, 0.717) is 0 Å². The van der Waals surface area contributed by atoms with Gasteiger partial charge in [-0.3, -0.25) is 4.98 Å². The number of benzene rings is 9. The lowest BCUT2D eigenvalue weighted by atomic mass is 9.84. The van der Waals surface area contributed by atoms with Gasteiger partial charge in [0.05, 0.1) is 5.69 Å². The van der Waals surface area contributed by atoms with E-state index in [1.54, 1.807) is 0 Å². The van der Waals surface area contributed by atoms with E-state index in [9.17, 15) is 0 Å². The smallest absolute Gasteiger partial charge is 0.0708 e. The van der Waals surface area contributed by atoms with Gasteiger partial charge in [0.25, 0.3) is 0 Å². The van der Waals surface area contributed by atoms with Crippen molar-refractivity contribution in [2.24, 2.45) is 0 Å². The maximum atomic E-state index is 4.79. The van der Waals surface area contributed by atoms with Crippen molar-refractivity contribution in [1.82, 2.24) is 4.98 Å². The highest BCUT2D eigenvalue weighted by Crippen LogP contribution is 2.46. The predicted molar refractivity (Wildman–Crippen MR) is 221 cm³/mol. The Morgan fingerprint density at radius 2 is 0.808 bits per heavy atom. The molecule has 0 aliphatic carbocycles. The molecule has 1 nitrogen and oxygen atoms in total. The molecule has 1 heterocycles. The fourth-order valence-electron chi connectivity index (χ4n) is 8.10. The Balaban J connectivity index is 1.15. The van der Waals surface area contributed by atoms with E-state index in [1.165, 1.54) is 82.0 Å². The van der Waals surface area contributed by atoms with Crippen LogP contribution in [-0.2, 0) is 0 Å². The molecule has 0 unspecified atom stereocenters. The van der Waals surface area contributed by atoms with Crippen LogP contribution in [0.1, 0.15) is 0 Å². The molecule has 52 heavy (non-hydrogen) atoms. The topological polar surface area (TPSA) is 12.9 Å². The minimum absolute atomic E-state index is 0.972. The number of rotatable bonds is 5. The van der Waals surface area contributed by atoms with Gasteiger partial charge >= 0.3 is 0 Å². The van der Waals surface area contributed by atoms with Crippen LogP contribution in [0.25, 0.3) is 98.9 Å². The average Bonchev–Trinajstić information content (AvgIpc) is 3.22. The Labute approximate surface area is 303 Å². The number of hydrogen-bond acceptors (Lipinski definition) is 1. The van der Waals surface area contributed by atoms with Crippen molar-refractivity contribution in [3.63, 3.8) is 0 Å². The Kier molecular flexibility index (Phi) is 7.22. The Bertz CT molecular complexity index is 2900. The molecule has 0 radical (unpaired) electrons. The number of aromatic nitrogens is 1. The predicted octanol–water partition coefficient (Wildman–Crippen LogP) is 14.0. The van der Waals surface area contributed by atoms with E-state index < -0.39 is 0 Å². The molecule has 10 rings (SSSR count). The molecule has 0 bridgehead atoms. The van der Waals surface area contributed by atoms with Crippen molar-refractivity contribution in [2.45, 2.75) is 0 Å². The molecule has 242 valence electrons. The van der Waals surface area contributed by atoms with E-state index in [0.717, 1.165) is 16.8 Å². The summed E-state index contributed by atoms with van der Waals surface area (Å²) in [5.74, 6) is 0. The normalized spacial score (nSPS) is 11.5. The lowest BCUT2D eigenvalue weighted by Gasteiger charge is -2.19. The van der Waals surface area contributed by atoms with Crippen LogP contribution in [0.2, 0.25) is 0 Å². The van der Waals surface area contributed by atoms with Gasteiger partial charge in [0.2, 0.25) is 0 Å². The van der Waals surface area contributed by atoms with E-state index in [-0.39, 0.29) is 0 Å². The van der Waals surface area contributed by atoms with Crippen LogP contribution < -0.4 is 0 Å². The van der Waals surface area contributed by atoms with Crippen molar-refractivity contribution in [3.05, 3.63) is 200 Å². The third kappa shape index (κ3) is 5.06. The third-order valence-corrected chi connectivity index (χ3v) is 10.5. The summed E-state index contributed by atoms with van der Waals surface area (Å²) in [7, 11) is 0. The van der Waals surface area contributed by atoms with Gasteiger partial charge in [-0.15, -0.1) is 0 Å². The molecule has 0 amide bonds. The summed E-state index contributed by atoms with van der Waals surface area (Å²) in [6, 6.07) is 70.4. The van der Waals surface area contributed by atoms with Crippen molar-refractivity contribution in [1.29, 1.82) is 0 Å². The Hall–Kier alpha value is -6.83. The van der Waals surface area contributed by atoms with Crippen molar-refractivity contribution in [3.8, 4) is 55.8 Å². The summed E-state index contributed by atoms with van der Waals surface area (Å²) < 4.78 is 0. The van der Waals surface area contributed by atoms with E-state index in [1.807, 2.05) is 6.20 Å². The van der Waals surface area contributed by atoms with Crippen molar-refractivity contribution >= 4 is 43.1 Å². The molecule has 0 spiro atoms. The first-order valence-corrected chi connectivity index (χ1v) is 17.9. The first-order chi connectivity index (χ1) is 25.8. The minimum Gasteiger partial charge on any atom is -0.256 e. The molecular weight excluding hydrogens is 627 g/mol. The number of fused-ring (bicyclic) bond motifs is 4. The first kappa shape index (κ1) is 30.0. The monoisotopic (exact) mass is 659 g/mol. The minimum atomic E-state index is 0.972. The molecule has 10 aromatic rings. The van der Waals surface area contributed by atoms with Crippen LogP contribution in [0, 0.1) is 0 Å². The van der Waals surface area contributed by atoms with Crippen LogP contribution in [0.5, 0.6) is 0 Å². The highest BCUT2D eigenvalue weighted by atomic mass is 14.7. The molecule has 1 heteroatoms. The van der Waals surface area contributed by atoms with Gasteiger partial charge in [0.1, 0.15) is 0 Å². The molecule has 0 saturated carbocycles. The summed E-state index contributed by atoms with van der Waals surface area (Å²) in [5, 5.41) is 9.97. The lowest BCUT2D eigenvalue weighted by molar-refractivity contribution is 1.33. The van der Waals surface area contributed by atoms with Crippen LogP contribution in [-0.4, -0.2) is 4.98 Å². The van der Waals surface area contributed by atoms with Crippen molar-refractivity contribution in [2.75, 3.05) is 0 Å². The standard InChI is InChI=1S/C51H33N/c1-2-14-35(15-3-1)41-23-11-25-43-42(41)24-12-26-44(43)51-47-21-8-6-19-45(47)50(46-20-7-9-22-48(46)51)40-18-10-17-37(32-40)38-29-30-52-49(33-38)39-28-27-34-13-4-5-16-36(34)31-39/h1-33H. The summed E-state index contributed by atoms with van der Waals surface area (Å²) in [5.41, 5.74) is 11.9. The zero-order chi connectivity index (χ0) is 34.4. The summed E-state index contributed by atoms with van der Waals surface area (Å²) in [6.45, 7) is 0. The van der Waals surface area contributed by atoms with Gasteiger partial charge < -0.3 is 0 Å². The second kappa shape index (κ2) is 12.5. The molecule has 0 aliphatic heterocycles. The van der Waals surface area contributed by atoms with Crippen LogP contribution in [0.4, 0.5) is 0 Å². The summed E-state index contributed by atoms with van der Waals surface area (Å²) in [4.78, 5) is 4.79. The van der Waals surface area contributed by atoms with Crippen molar-refractivity contribution < 1.29 is 0 Å². The second-order valence-corrected chi connectivity index (χ2v) is 13.5. The molecule has 0 N–H and O–H groups in total. The van der Waals surface area contributed by atoms with Gasteiger partial charge in [-0.05, 0) is 112 Å². The molecule has 1 aromatic heterocycles. The van der Waals surface area contributed by atoms with Crippen LogP contribution in [0.3, 0.4) is 0 Å². The third-order valence-electron chi connectivity index (χ3n) is 10.5. The van der Waals surface area contributed by atoms with Gasteiger partial charge in [-0.2, -0.15) is 0 Å². The Morgan fingerprint density at radius 3 is 1.56 bits per heavy atom. The lowest BCUT2D eigenvalue weighted by Crippen LogP contribution is -1.92. The quantitative estimate of drug-likeness (QED) is 0.168. The highest BCUT2D eigenvalue weighted by molar-refractivity contribution is 6.24. The first-order valence-electron chi connectivity index (χ1n) is 17.9. The SMILES string of the molecule is c1ccc(-c2cccc3c(-c4c5ccccc5c(-c5cccc(-c6ccnc(-c7ccc8ccccc8c7)c6)c5)c5ccccc45)cccc23)cc1. The second-order valence-electron chi connectivity index (χ2n) is 13.5. The number of pyridine rings is 1. The fourth-order valence-corrected chi connectivity index (χ4v) is 8.10. The van der Waals surface area contributed by atoms with Gasteiger partial charge in [-0.25, -0.2) is 0 Å². The molecule has 0 aliphatic rings. The van der Waals surface area contributed by atoms with Crippen LogP contribution in [0.15, 0.2) is 200 Å². The molecule has 0 atom stereocenters. The maximum Gasteiger partial charge on any atom is 0.0708 e. The zero-order valence-corrected chi connectivity index (χ0v) is 28.5. The molecule has 0 fully saturated rings. The number of nitrogens with zero attached hydrogens (tertiary/aromatic N) is 1. The molecular formula is C51H33N. The average molecular weight is 660 g/mol. The summed E-state index contributed by atoms with van der Waals surface area (Å²) >= 11 is 0. The van der Waals surface area contributed by atoms with E-state index >= 15 is 0 Å². The number of hydrogen-bond donors (Lipinski definition) is 0. The van der Waals surface area contributed by atoms with Gasteiger partial charge in [0, 0.05) is 11.8 Å². The Morgan fingerprint density at radius 1 is 0.269 bits per heavy atom. The van der Waals surface area contributed by atoms with E-state index in [2.05, 4.69) is 194 Å². The molecule has 9 aromatic carbocycles. The zero-order valence-electron chi connectivity index (χ0n) is 28.5. The van der Waals surface area contributed by atoms with E-state index in [4.69, 9.17) is 4.98 Å². The fraction of sp³-hybridized carbons (Fsp3) is 0. The van der Waals surface area contributed by atoms with Crippen LogP contribution >= 0.6 is 0 Å². The maximum absolute atomic E-state index is 4.79. The van der Waals surface area contributed by atoms with Gasteiger partial charge in [-0.1, -0.05) is 170 Å². The molecule has 0 saturated heterocycles.